The zero-order valence-corrected chi connectivity index (χ0v) is 15.4. The number of piperidine rings is 1. The molecule has 1 aliphatic heterocycles. The molecule has 0 aromatic heterocycles. The molecule has 24 heavy (non-hydrogen) atoms. The Labute approximate surface area is 148 Å². The molecule has 1 aromatic carbocycles. The maximum Gasteiger partial charge on any atom is 0.252 e. The zero-order valence-electron chi connectivity index (χ0n) is 13.8. The summed E-state index contributed by atoms with van der Waals surface area (Å²) >= 11 is 0. The fraction of sp³-hybridized carbons (Fsp3) is 0.533. The van der Waals surface area contributed by atoms with E-state index in [0.717, 1.165) is 19.3 Å². The van der Waals surface area contributed by atoms with Crippen molar-refractivity contribution in [3.8, 4) is 5.75 Å². The highest BCUT2D eigenvalue weighted by atomic mass is 35.5. The van der Waals surface area contributed by atoms with Crippen LogP contribution >= 0.6 is 12.4 Å². The number of hydrogen-bond acceptors (Lipinski definition) is 5. The number of primary amides is 1. The molecular formula is C15H24ClN3O4S. The smallest absolute Gasteiger partial charge is 0.252 e. The number of methoxy groups -OCH3 is 1. The first-order chi connectivity index (χ1) is 10.8. The van der Waals surface area contributed by atoms with Crippen molar-refractivity contribution in [2.45, 2.75) is 43.2 Å². The van der Waals surface area contributed by atoms with Crippen molar-refractivity contribution in [1.29, 1.82) is 0 Å². The van der Waals surface area contributed by atoms with E-state index in [1.807, 2.05) is 0 Å². The van der Waals surface area contributed by atoms with Gasteiger partial charge in [0.2, 0.25) is 10.0 Å². The molecule has 1 amide bonds. The van der Waals surface area contributed by atoms with Gasteiger partial charge < -0.3 is 16.2 Å². The van der Waals surface area contributed by atoms with Crippen molar-refractivity contribution in [2.24, 2.45) is 11.5 Å². The molecule has 0 aliphatic carbocycles. The molecule has 9 heteroatoms. The SMILES string of the molecule is COc1ccc(S(=O)(=O)N2CCCCC2C(C)N)cc1C(N)=O.Cl. The molecule has 4 N–H and O–H groups in total. The molecule has 1 aliphatic rings. The van der Waals surface area contributed by atoms with Crippen LogP contribution in [0.25, 0.3) is 0 Å². The first kappa shape index (κ1) is 20.7. The Balaban J connectivity index is 0.00000288. The Morgan fingerprint density at radius 2 is 2.04 bits per heavy atom. The van der Waals surface area contributed by atoms with Crippen molar-refractivity contribution in [3.05, 3.63) is 23.8 Å². The topological polar surface area (TPSA) is 116 Å². The summed E-state index contributed by atoms with van der Waals surface area (Å²) < 4.78 is 32.4. The third-order valence-corrected chi connectivity index (χ3v) is 6.07. The van der Waals surface area contributed by atoms with Gasteiger partial charge in [-0.3, -0.25) is 4.79 Å². The van der Waals surface area contributed by atoms with Crippen LogP contribution in [-0.4, -0.2) is 44.4 Å². The van der Waals surface area contributed by atoms with Crippen LogP contribution in [0.5, 0.6) is 5.75 Å². The summed E-state index contributed by atoms with van der Waals surface area (Å²) in [4.78, 5) is 11.5. The summed E-state index contributed by atoms with van der Waals surface area (Å²) in [6.45, 7) is 2.23. The number of hydrogen-bond donors (Lipinski definition) is 2. The van der Waals surface area contributed by atoms with E-state index in [9.17, 15) is 13.2 Å². The second-order valence-corrected chi connectivity index (χ2v) is 7.65. The van der Waals surface area contributed by atoms with Crippen molar-refractivity contribution >= 4 is 28.3 Å². The lowest BCUT2D eigenvalue weighted by Gasteiger charge is -2.36. The number of benzene rings is 1. The normalized spacial score (nSPS) is 20.0. The number of halogens is 1. The fourth-order valence-corrected chi connectivity index (χ4v) is 4.73. The van der Waals surface area contributed by atoms with Gasteiger partial charge in [0, 0.05) is 18.6 Å². The molecule has 2 rings (SSSR count). The molecule has 0 spiro atoms. The molecule has 1 saturated heterocycles. The predicted octanol–water partition coefficient (Wildman–Crippen LogP) is 1.11. The van der Waals surface area contributed by atoms with E-state index in [0.29, 0.717) is 6.54 Å². The zero-order chi connectivity index (χ0) is 17.2. The van der Waals surface area contributed by atoms with Gasteiger partial charge >= 0.3 is 0 Å². The number of nitrogens with two attached hydrogens (primary N) is 2. The number of sulfonamides is 1. The lowest BCUT2D eigenvalue weighted by Crippen LogP contribution is -2.51. The number of nitrogens with zero attached hydrogens (tertiary/aromatic N) is 1. The molecule has 2 atom stereocenters. The fourth-order valence-electron chi connectivity index (χ4n) is 2.93. The maximum absolute atomic E-state index is 13.0. The largest absolute Gasteiger partial charge is 0.496 e. The van der Waals surface area contributed by atoms with E-state index in [-0.39, 0.29) is 40.7 Å². The Morgan fingerprint density at radius 3 is 2.58 bits per heavy atom. The molecule has 1 heterocycles. The van der Waals surface area contributed by atoms with Crippen molar-refractivity contribution in [1.82, 2.24) is 4.31 Å². The summed E-state index contributed by atoms with van der Waals surface area (Å²) in [5.41, 5.74) is 11.3. The molecule has 2 unspecified atom stereocenters. The van der Waals surface area contributed by atoms with Gasteiger partial charge in [0.15, 0.2) is 0 Å². The number of carbonyl (C=O) groups is 1. The molecule has 1 fully saturated rings. The molecule has 0 radical (unpaired) electrons. The molecule has 136 valence electrons. The van der Waals surface area contributed by atoms with E-state index < -0.39 is 15.9 Å². The molecule has 1 aromatic rings. The van der Waals surface area contributed by atoms with Crippen LogP contribution in [0.2, 0.25) is 0 Å². The third-order valence-electron chi connectivity index (χ3n) is 4.15. The Kier molecular flexibility index (Phi) is 7.03. The van der Waals surface area contributed by atoms with Crippen LogP contribution < -0.4 is 16.2 Å². The summed E-state index contributed by atoms with van der Waals surface area (Å²) in [5.74, 6) is -0.486. The van der Waals surface area contributed by atoms with Gasteiger partial charge in [-0.15, -0.1) is 12.4 Å². The van der Waals surface area contributed by atoms with E-state index >= 15 is 0 Å². The first-order valence-electron chi connectivity index (χ1n) is 7.54. The average molecular weight is 378 g/mol. The lowest BCUT2D eigenvalue weighted by molar-refractivity contribution is 0.0997. The average Bonchev–Trinajstić information content (AvgIpc) is 2.54. The van der Waals surface area contributed by atoms with E-state index in [1.165, 1.54) is 29.6 Å². The minimum absolute atomic E-state index is 0. The van der Waals surface area contributed by atoms with Gasteiger partial charge in [0.05, 0.1) is 17.6 Å². The van der Waals surface area contributed by atoms with Gasteiger partial charge in [-0.1, -0.05) is 6.42 Å². The van der Waals surface area contributed by atoms with Crippen molar-refractivity contribution < 1.29 is 17.9 Å². The molecule has 7 nitrogen and oxygen atoms in total. The van der Waals surface area contributed by atoms with E-state index in [2.05, 4.69) is 0 Å². The van der Waals surface area contributed by atoms with Crippen LogP contribution in [0.1, 0.15) is 36.5 Å². The molecule has 0 saturated carbocycles. The summed E-state index contributed by atoms with van der Waals surface area (Å²) in [5, 5.41) is 0. The molecular weight excluding hydrogens is 354 g/mol. The Morgan fingerprint density at radius 1 is 1.38 bits per heavy atom. The quantitative estimate of drug-likeness (QED) is 0.797. The second kappa shape index (κ2) is 8.15. The number of amides is 1. The summed E-state index contributed by atoms with van der Waals surface area (Å²) in [6, 6.07) is 3.63. The van der Waals surface area contributed by atoms with Gasteiger partial charge in [0.1, 0.15) is 5.75 Å². The summed E-state index contributed by atoms with van der Waals surface area (Å²) in [6.07, 6.45) is 2.48. The van der Waals surface area contributed by atoms with Gasteiger partial charge in [-0.05, 0) is 38.0 Å². The lowest BCUT2D eigenvalue weighted by atomic mass is 10.00. The van der Waals surface area contributed by atoms with Crippen molar-refractivity contribution in [2.75, 3.05) is 13.7 Å². The van der Waals surface area contributed by atoms with Crippen LogP contribution in [-0.2, 0) is 10.0 Å². The number of carbonyl (C=O) groups excluding carboxylic acids is 1. The van der Waals surface area contributed by atoms with Crippen LogP contribution in [0.3, 0.4) is 0 Å². The predicted molar refractivity (Wildman–Crippen MR) is 93.9 cm³/mol. The monoisotopic (exact) mass is 377 g/mol. The minimum atomic E-state index is -3.75. The second-order valence-electron chi connectivity index (χ2n) is 5.76. The van der Waals surface area contributed by atoms with E-state index in [4.69, 9.17) is 16.2 Å². The van der Waals surface area contributed by atoms with Crippen LogP contribution in [0.15, 0.2) is 23.1 Å². The third kappa shape index (κ3) is 4.00. The van der Waals surface area contributed by atoms with Crippen LogP contribution in [0.4, 0.5) is 0 Å². The van der Waals surface area contributed by atoms with Gasteiger partial charge in [0.25, 0.3) is 5.91 Å². The van der Waals surface area contributed by atoms with Gasteiger partial charge in [-0.25, -0.2) is 8.42 Å². The maximum atomic E-state index is 13.0. The highest BCUT2D eigenvalue weighted by molar-refractivity contribution is 7.89. The Bertz CT molecular complexity index is 694. The summed E-state index contributed by atoms with van der Waals surface area (Å²) in [7, 11) is -2.35. The van der Waals surface area contributed by atoms with Crippen LogP contribution in [0, 0.1) is 0 Å². The highest BCUT2D eigenvalue weighted by Gasteiger charge is 2.35. The first-order valence-corrected chi connectivity index (χ1v) is 8.98. The number of ether oxygens (including phenoxy) is 1. The molecule has 0 bridgehead atoms. The van der Waals surface area contributed by atoms with Crippen molar-refractivity contribution in [3.63, 3.8) is 0 Å². The number of rotatable bonds is 5. The minimum Gasteiger partial charge on any atom is -0.496 e. The highest BCUT2D eigenvalue weighted by Crippen LogP contribution is 2.29. The van der Waals surface area contributed by atoms with E-state index in [1.54, 1.807) is 6.92 Å². The van der Waals surface area contributed by atoms with Gasteiger partial charge in [-0.2, -0.15) is 4.31 Å². The Hall–Kier alpha value is -1.35. The standard InChI is InChI=1S/C15H23N3O4S.ClH/c1-10(16)13-5-3-4-8-18(13)23(20,21)11-6-7-14(22-2)12(9-11)15(17)19;/h6-7,9-10,13H,3-5,8,16H2,1-2H3,(H2,17,19);1H.